The minimum Gasteiger partial charge on any atom is -0.504 e. The van der Waals surface area contributed by atoms with E-state index < -0.39 is 23.8 Å². The van der Waals surface area contributed by atoms with Crippen molar-refractivity contribution in [2.75, 3.05) is 19.7 Å². The number of hydrogen-bond acceptors (Lipinski definition) is 9. The summed E-state index contributed by atoms with van der Waals surface area (Å²) in [5.41, 5.74) is 1.02. The summed E-state index contributed by atoms with van der Waals surface area (Å²) in [6.07, 6.45) is 6.32. The number of esters is 1. The summed E-state index contributed by atoms with van der Waals surface area (Å²) in [4.78, 5) is 41.3. The maximum atomic E-state index is 13.4. The zero-order valence-electron chi connectivity index (χ0n) is 20.3. The number of hydrogen-bond donors (Lipinski definition) is 4. The Morgan fingerprint density at radius 2 is 1.46 bits per heavy atom. The number of benzene rings is 2. The fourth-order valence-electron chi connectivity index (χ4n) is 5.21. The van der Waals surface area contributed by atoms with E-state index in [0.717, 1.165) is 0 Å². The van der Waals surface area contributed by atoms with E-state index in [1.165, 1.54) is 54.6 Å². The number of carbonyl (C=O) groups is 3. The van der Waals surface area contributed by atoms with Gasteiger partial charge in [-0.15, -0.1) is 0 Å². The zero-order valence-corrected chi connectivity index (χ0v) is 20.3. The molecule has 0 aliphatic carbocycles. The van der Waals surface area contributed by atoms with Gasteiger partial charge in [0.15, 0.2) is 34.6 Å². The molecule has 9 heteroatoms. The third-order valence-corrected chi connectivity index (χ3v) is 6.99. The molecule has 37 heavy (non-hydrogen) atoms. The van der Waals surface area contributed by atoms with Crippen LogP contribution in [0.15, 0.2) is 48.6 Å². The Labute approximate surface area is 213 Å². The van der Waals surface area contributed by atoms with Crippen molar-refractivity contribution < 1.29 is 39.5 Å². The van der Waals surface area contributed by atoms with E-state index in [2.05, 4.69) is 0 Å². The van der Waals surface area contributed by atoms with Crippen molar-refractivity contribution in [2.24, 2.45) is 17.8 Å². The van der Waals surface area contributed by atoms with Crippen LogP contribution in [0.3, 0.4) is 0 Å². The highest BCUT2D eigenvalue weighted by Crippen LogP contribution is 2.43. The molecule has 5 rings (SSSR count). The number of nitrogens with zero attached hydrogens (tertiary/aromatic N) is 1. The van der Waals surface area contributed by atoms with Gasteiger partial charge in [-0.25, -0.2) is 0 Å². The van der Waals surface area contributed by atoms with Crippen LogP contribution in [0, 0.1) is 17.8 Å². The first-order valence-electron chi connectivity index (χ1n) is 12.1. The smallest absolute Gasteiger partial charge is 0.324 e. The lowest BCUT2D eigenvalue weighted by Gasteiger charge is -2.51. The molecular weight excluding hydrogens is 478 g/mol. The molecule has 0 radical (unpaired) electrons. The molecular formula is C28H29NO8. The number of allylic oxidation sites excluding steroid dienone is 2. The van der Waals surface area contributed by atoms with E-state index in [1.807, 2.05) is 4.90 Å². The summed E-state index contributed by atoms with van der Waals surface area (Å²) in [5, 5.41) is 38.4. The maximum absolute atomic E-state index is 13.4. The number of phenols is 4. The lowest BCUT2D eigenvalue weighted by molar-refractivity contribution is -0.167. The van der Waals surface area contributed by atoms with Gasteiger partial charge in [0, 0.05) is 12.5 Å². The summed E-state index contributed by atoms with van der Waals surface area (Å²) in [6, 6.07) is 7.59. The molecule has 0 spiro atoms. The Morgan fingerprint density at radius 1 is 0.892 bits per heavy atom. The van der Waals surface area contributed by atoms with E-state index >= 15 is 0 Å². The second-order valence-corrected chi connectivity index (χ2v) is 9.24. The van der Waals surface area contributed by atoms with Gasteiger partial charge in [0.1, 0.15) is 6.04 Å². The van der Waals surface area contributed by atoms with Crippen LogP contribution < -0.4 is 0 Å². The Bertz CT molecular complexity index is 1270. The van der Waals surface area contributed by atoms with Gasteiger partial charge in [-0.1, -0.05) is 24.3 Å². The van der Waals surface area contributed by atoms with Crippen molar-refractivity contribution in [1.82, 2.24) is 4.90 Å². The van der Waals surface area contributed by atoms with Gasteiger partial charge < -0.3 is 25.2 Å². The van der Waals surface area contributed by atoms with Crippen molar-refractivity contribution in [2.45, 2.75) is 19.4 Å². The van der Waals surface area contributed by atoms with Crippen molar-refractivity contribution in [1.29, 1.82) is 0 Å². The lowest BCUT2D eigenvalue weighted by Crippen LogP contribution is -2.64. The summed E-state index contributed by atoms with van der Waals surface area (Å²) in [5.74, 6) is -3.86. The maximum Gasteiger partial charge on any atom is 0.324 e. The van der Waals surface area contributed by atoms with Crippen molar-refractivity contribution in [3.05, 3.63) is 59.7 Å². The Hall–Kier alpha value is -4.11. The predicted molar refractivity (Wildman–Crippen MR) is 135 cm³/mol. The number of rotatable bonds is 8. The van der Waals surface area contributed by atoms with Crippen LogP contribution in [0.4, 0.5) is 0 Å². The zero-order chi connectivity index (χ0) is 26.7. The molecule has 0 aromatic heterocycles. The Kier molecular flexibility index (Phi) is 7.63. The monoisotopic (exact) mass is 507 g/mol. The normalized spacial score (nSPS) is 24.9. The summed E-state index contributed by atoms with van der Waals surface area (Å²) >= 11 is 0. The molecule has 3 aliphatic heterocycles. The number of aromatic hydroxyl groups is 4. The van der Waals surface area contributed by atoms with Crippen molar-refractivity contribution >= 4 is 29.7 Å². The Balaban J connectivity index is 1.59. The molecule has 2 aromatic rings. The van der Waals surface area contributed by atoms with Crippen molar-refractivity contribution in [3.63, 3.8) is 0 Å². The van der Waals surface area contributed by atoms with E-state index in [-0.39, 0.29) is 47.1 Å². The van der Waals surface area contributed by atoms with Crippen molar-refractivity contribution in [3.8, 4) is 23.0 Å². The van der Waals surface area contributed by atoms with Crippen LogP contribution in [0.1, 0.15) is 24.5 Å². The van der Waals surface area contributed by atoms with Crippen LogP contribution in [0.25, 0.3) is 12.2 Å². The summed E-state index contributed by atoms with van der Waals surface area (Å²) < 4.78 is 5.27. The predicted octanol–water partition coefficient (Wildman–Crippen LogP) is 2.87. The minimum absolute atomic E-state index is 0.169. The second-order valence-electron chi connectivity index (χ2n) is 9.24. The molecule has 0 amide bonds. The third-order valence-electron chi connectivity index (χ3n) is 6.99. The van der Waals surface area contributed by atoms with E-state index in [0.29, 0.717) is 30.6 Å². The highest BCUT2D eigenvalue weighted by Gasteiger charge is 2.54. The van der Waals surface area contributed by atoms with Crippen LogP contribution in [0.2, 0.25) is 0 Å². The van der Waals surface area contributed by atoms with E-state index in [9.17, 15) is 34.8 Å². The molecule has 2 aromatic carbocycles. The molecule has 3 heterocycles. The number of phenolic OH excluding ortho intramolecular Hbond substituents is 4. The molecule has 4 N–H and O–H groups in total. The Morgan fingerprint density at radius 3 is 2.00 bits per heavy atom. The van der Waals surface area contributed by atoms with Crippen LogP contribution in [0.5, 0.6) is 23.0 Å². The van der Waals surface area contributed by atoms with Gasteiger partial charge in [-0.2, -0.15) is 0 Å². The molecule has 9 nitrogen and oxygen atoms in total. The average Bonchev–Trinajstić information content (AvgIpc) is 2.89. The van der Waals surface area contributed by atoms with Gasteiger partial charge in [0.2, 0.25) is 0 Å². The van der Waals surface area contributed by atoms with Crippen LogP contribution in [-0.2, 0) is 19.1 Å². The largest absolute Gasteiger partial charge is 0.504 e. The molecule has 2 bridgehead atoms. The van der Waals surface area contributed by atoms with E-state index in [4.69, 9.17) is 4.74 Å². The number of carbonyl (C=O) groups excluding carboxylic acids is 3. The molecule has 5 unspecified atom stereocenters. The first-order valence-corrected chi connectivity index (χ1v) is 12.1. The van der Waals surface area contributed by atoms with Crippen LogP contribution in [-0.4, -0.2) is 68.6 Å². The number of ether oxygens (including phenoxy) is 1. The van der Waals surface area contributed by atoms with Gasteiger partial charge in [-0.3, -0.25) is 19.3 Å². The standard InChI is InChI=1S/C28H29NO8/c1-2-37-28(36)27-26(23(33)10-6-17-5-9-22(32)25(35)14-17)18-11-12-29(27)15-19(18)20(30)7-3-16-4-8-21(31)24(34)13-16/h3-10,13-14,18-19,26-27,31-32,34-35H,2,11-12,15H2,1H3/b7-3+,10-6+. The fraction of sp³-hybridized carbons (Fsp3) is 0.321. The van der Waals surface area contributed by atoms with E-state index in [1.54, 1.807) is 13.0 Å². The lowest BCUT2D eigenvalue weighted by atomic mass is 9.65. The molecule has 3 fully saturated rings. The third kappa shape index (κ3) is 5.51. The van der Waals surface area contributed by atoms with Crippen LogP contribution >= 0.6 is 0 Å². The van der Waals surface area contributed by atoms with Gasteiger partial charge in [-0.05, 0) is 73.4 Å². The number of piperidine rings is 3. The minimum atomic E-state index is -0.800. The molecule has 5 atom stereocenters. The first kappa shape index (κ1) is 26.0. The van der Waals surface area contributed by atoms with Gasteiger partial charge in [0.25, 0.3) is 0 Å². The SMILES string of the molecule is CCOC(=O)C1C(C(=O)/C=C/c2ccc(O)c(O)c2)C2CCN1CC2C(=O)/C=C/c1ccc(O)c(O)c1. The first-order chi connectivity index (χ1) is 17.7. The summed E-state index contributed by atoms with van der Waals surface area (Å²) in [7, 11) is 0. The molecule has 0 saturated carbocycles. The topological polar surface area (TPSA) is 145 Å². The summed E-state index contributed by atoms with van der Waals surface area (Å²) in [6.45, 7) is 2.74. The van der Waals surface area contributed by atoms with Gasteiger partial charge >= 0.3 is 5.97 Å². The fourth-order valence-corrected chi connectivity index (χ4v) is 5.21. The highest BCUT2D eigenvalue weighted by molar-refractivity contribution is 6.01. The number of ketones is 2. The quantitative estimate of drug-likeness (QED) is 0.241. The molecule has 3 saturated heterocycles. The van der Waals surface area contributed by atoms with Gasteiger partial charge in [0.05, 0.1) is 12.5 Å². The second kappa shape index (κ2) is 10.9. The molecule has 3 aliphatic rings. The highest BCUT2D eigenvalue weighted by atomic mass is 16.5. The number of fused-ring (bicyclic) bond motifs is 3. The average molecular weight is 508 g/mol. The molecule has 194 valence electrons.